The number of fused-ring (bicyclic) bond motifs is 1. The van der Waals surface area contributed by atoms with E-state index in [2.05, 4.69) is 11.6 Å². The molecule has 4 N–H and O–H groups in total. The average Bonchev–Trinajstić information content (AvgIpc) is 3.52. The molecule has 218 valence electrons. The van der Waals surface area contributed by atoms with E-state index in [0.29, 0.717) is 26.2 Å². The Morgan fingerprint density at radius 2 is 2.02 bits per heavy atom. The highest BCUT2D eigenvalue weighted by atomic mass is 32.2. The third-order valence-electron chi connectivity index (χ3n) is 7.81. The van der Waals surface area contributed by atoms with Crippen LogP contribution in [0.3, 0.4) is 0 Å². The van der Waals surface area contributed by atoms with Crippen LogP contribution in [0.15, 0.2) is 42.5 Å². The van der Waals surface area contributed by atoms with Crippen LogP contribution in [-0.2, 0) is 32.6 Å². The second-order valence-corrected chi connectivity index (χ2v) is 12.5. The van der Waals surface area contributed by atoms with Crippen LogP contribution >= 0.6 is 0 Å². The Morgan fingerprint density at radius 3 is 2.73 bits per heavy atom. The van der Waals surface area contributed by atoms with Gasteiger partial charge in [0.2, 0.25) is 15.9 Å². The summed E-state index contributed by atoms with van der Waals surface area (Å²) >= 11 is 0. The monoisotopic (exact) mass is 572 g/mol. The van der Waals surface area contributed by atoms with Gasteiger partial charge in [-0.25, -0.2) is 13.1 Å². The maximum absolute atomic E-state index is 13.8. The van der Waals surface area contributed by atoms with Gasteiger partial charge in [0.15, 0.2) is 0 Å². The number of carbonyl (C=O) groups is 2. The number of hydrogen-bond donors (Lipinski definition) is 3. The van der Waals surface area contributed by atoms with Crippen molar-refractivity contribution in [2.24, 2.45) is 11.7 Å². The molecule has 3 unspecified atom stereocenters. The standard InChI is InChI=1S/C29H40N4O6S/c1-3-4-13-33(23-7-5-6-20(15-23)17-30)27(34)19-32-18-24(21-8-9-26-22(16-21)11-14-39-26)28(29(35)36)25(32)10-12-31-40(2,37)38/h5-9,15-16,24-25,28,31H,3-4,10-14,17-19,30H2,1-2H3,(H,35,36). The lowest BCUT2D eigenvalue weighted by atomic mass is 9.83. The van der Waals surface area contributed by atoms with E-state index < -0.39 is 28.0 Å². The quantitative estimate of drug-likeness (QED) is 0.332. The number of anilines is 1. The fourth-order valence-electron chi connectivity index (χ4n) is 5.84. The Kier molecular flexibility index (Phi) is 9.83. The Morgan fingerprint density at radius 1 is 1.23 bits per heavy atom. The number of carbonyl (C=O) groups excluding carboxylic acids is 1. The molecule has 40 heavy (non-hydrogen) atoms. The Labute approximate surface area is 236 Å². The SMILES string of the molecule is CCCCN(C(=O)CN1CC(c2ccc3c(c2)CCO3)C(C(=O)O)C1CCNS(C)(=O)=O)c1cccc(CN)c1. The van der Waals surface area contributed by atoms with Crippen LogP contribution in [-0.4, -0.2) is 75.4 Å². The number of nitrogens with two attached hydrogens (primary N) is 1. The molecule has 2 aliphatic rings. The highest BCUT2D eigenvalue weighted by Gasteiger charge is 2.47. The van der Waals surface area contributed by atoms with Gasteiger partial charge < -0.3 is 20.5 Å². The van der Waals surface area contributed by atoms with Gasteiger partial charge in [-0.1, -0.05) is 37.6 Å². The van der Waals surface area contributed by atoms with Crippen molar-refractivity contribution in [2.75, 3.05) is 43.9 Å². The number of likely N-dealkylation sites (tertiary alicyclic amines) is 1. The van der Waals surface area contributed by atoms with Crippen LogP contribution in [0.2, 0.25) is 0 Å². The summed E-state index contributed by atoms with van der Waals surface area (Å²) in [6.07, 6.45) is 3.84. The Bertz CT molecular complexity index is 1320. The van der Waals surface area contributed by atoms with Gasteiger partial charge in [-0.05, 0) is 47.7 Å². The summed E-state index contributed by atoms with van der Waals surface area (Å²) in [6, 6.07) is 12.9. The highest BCUT2D eigenvalue weighted by Crippen LogP contribution is 2.41. The molecule has 1 fully saturated rings. The lowest BCUT2D eigenvalue weighted by Crippen LogP contribution is -2.45. The molecule has 0 radical (unpaired) electrons. The first-order chi connectivity index (χ1) is 19.1. The molecule has 0 saturated carbocycles. The summed E-state index contributed by atoms with van der Waals surface area (Å²) in [6.45, 7) is 4.04. The lowest BCUT2D eigenvalue weighted by Gasteiger charge is -2.30. The molecule has 1 saturated heterocycles. The largest absolute Gasteiger partial charge is 0.493 e. The van der Waals surface area contributed by atoms with Crippen molar-refractivity contribution in [3.05, 3.63) is 59.2 Å². The number of amides is 1. The molecule has 0 aliphatic carbocycles. The number of unbranched alkanes of at least 4 members (excludes halogenated alkanes) is 1. The molecular weight excluding hydrogens is 532 g/mol. The first kappa shape index (κ1) is 30.0. The van der Waals surface area contributed by atoms with E-state index in [0.717, 1.165) is 53.6 Å². The topological polar surface area (TPSA) is 142 Å². The summed E-state index contributed by atoms with van der Waals surface area (Å²) in [5.41, 5.74) is 9.48. The lowest BCUT2D eigenvalue weighted by molar-refractivity contribution is -0.143. The van der Waals surface area contributed by atoms with Crippen LogP contribution < -0.4 is 20.1 Å². The number of ether oxygens (including phenoxy) is 1. The third-order valence-corrected chi connectivity index (χ3v) is 8.54. The van der Waals surface area contributed by atoms with E-state index in [9.17, 15) is 23.1 Å². The minimum atomic E-state index is -3.45. The summed E-state index contributed by atoms with van der Waals surface area (Å²) in [4.78, 5) is 30.2. The fourth-order valence-corrected chi connectivity index (χ4v) is 6.33. The number of nitrogens with zero attached hydrogens (tertiary/aromatic N) is 2. The smallest absolute Gasteiger partial charge is 0.308 e. The number of sulfonamides is 1. The van der Waals surface area contributed by atoms with Crippen molar-refractivity contribution in [3.63, 3.8) is 0 Å². The fraction of sp³-hybridized carbons (Fsp3) is 0.517. The number of benzene rings is 2. The molecule has 0 bridgehead atoms. The van der Waals surface area contributed by atoms with Crippen molar-refractivity contribution in [3.8, 4) is 5.75 Å². The van der Waals surface area contributed by atoms with Crippen molar-refractivity contribution < 1.29 is 27.9 Å². The van der Waals surface area contributed by atoms with Crippen molar-refractivity contribution in [2.45, 2.75) is 51.1 Å². The van der Waals surface area contributed by atoms with Crippen LogP contribution in [0, 0.1) is 5.92 Å². The molecule has 10 nitrogen and oxygen atoms in total. The number of carboxylic acid groups (broad SMARTS) is 1. The van der Waals surface area contributed by atoms with Crippen molar-refractivity contribution >= 4 is 27.6 Å². The molecule has 0 spiro atoms. The van der Waals surface area contributed by atoms with E-state index >= 15 is 0 Å². The highest BCUT2D eigenvalue weighted by molar-refractivity contribution is 7.88. The van der Waals surface area contributed by atoms with Gasteiger partial charge in [0.1, 0.15) is 5.75 Å². The molecule has 4 rings (SSSR count). The molecule has 1 amide bonds. The van der Waals surface area contributed by atoms with E-state index in [1.54, 1.807) is 4.90 Å². The summed E-state index contributed by atoms with van der Waals surface area (Å²) in [5.74, 6) is -1.43. The Balaban J connectivity index is 1.63. The third kappa shape index (κ3) is 7.20. The zero-order valence-corrected chi connectivity index (χ0v) is 24.0. The molecular formula is C29H40N4O6S. The maximum atomic E-state index is 13.8. The van der Waals surface area contributed by atoms with Gasteiger partial charge in [0.05, 0.1) is 25.3 Å². The summed E-state index contributed by atoms with van der Waals surface area (Å²) < 4.78 is 31.6. The first-order valence-electron chi connectivity index (χ1n) is 13.9. The zero-order chi connectivity index (χ0) is 28.9. The van der Waals surface area contributed by atoms with E-state index in [-0.39, 0.29) is 31.3 Å². The number of rotatable bonds is 13. The van der Waals surface area contributed by atoms with E-state index in [4.69, 9.17) is 10.5 Å². The molecule has 2 aromatic carbocycles. The predicted octanol–water partition coefficient (Wildman–Crippen LogP) is 2.32. The average molecular weight is 573 g/mol. The predicted molar refractivity (Wildman–Crippen MR) is 154 cm³/mol. The van der Waals surface area contributed by atoms with Gasteiger partial charge >= 0.3 is 5.97 Å². The number of hydrogen-bond acceptors (Lipinski definition) is 7. The number of carboxylic acids is 1. The van der Waals surface area contributed by atoms with Gasteiger partial charge in [-0.15, -0.1) is 0 Å². The van der Waals surface area contributed by atoms with Gasteiger partial charge in [0.25, 0.3) is 0 Å². The molecule has 2 aliphatic heterocycles. The van der Waals surface area contributed by atoms with Crippen LogP contribution in [0.4, 0.5) is 5.69 Å². The summed E-state index contributed by atoms with van der Waals surface area (Å²) in [7, 11) is -3.45. The summed E-state index contributed by atoms with van der Waals surface area (Å²) in [5, 5.41) is 10.4. The molecule has 2 aromatic rings. The van der Waals surface area contributed by atoms with Crippen LogP contribution in [0.1, 0.15) is 48.8 Å². The normalized spacial score (nSPS) is 20.7. The van der Waals surface area contributed by atoms with Gasteiger partial charge in [-0.3, -0.25) is 14.5 Å². The minimum absolute atomic E-state index is 0.0223. The maximum Gasteiger partial charge on any atom is 0.308 e. The molecule has 11 heteroatoms. The number of nitrogens with one attached hydrogen (secondary N) is 1. The van der Waals surface area contributed by atoms with Crippen molar-refractivity contribution in [1.29, 1.82) is 0 Å². The molecule has 2 heterocycles. The van der Waals surface area contributed by atoms with E-state index in [1.165, 1.54) is 0 Å². The second-order valence-electron chi connectivity index (χ2n) is 10.7. The first-order valence-corrected chi connectivity index (χ1v) is 15.8. The zero-order valence-electron chi connectivity index (χ0n) is 23.2. The van der Waals surface area contributed by atoms with Crippen LogP contribution in [0.25, 0.3) is 0 Å². The molecule has 3 atom stereocenters. The van der Waals surface area contributed by atoms with Crippen LogP contribution in [0.5, 0.6) is 5.75 Å². The van der Waals surface area contributed by atoms with Gasteiger partial charge in [-0.2, -0.15) is 0 Å². The van der Waals surface area contributed by atoms with Crippen molar-refractivity contribution in [1.82, 2.24) is 9.62 Å². The van der Waals surface area contributed by atoms with Gasteiger partial charge in [0, 0.05) is 50.2 Å². The van der Waals surface area contributed by atoms with E-state index in [1.807, 2.05) is 47.4 Å². The minimum Gasteiger partial charge on any atom is -0.493 e. The Hall–Kier alpha value is -2.99. The number of aliphatic carboxylic acids is 1. The molecule has 0 aromatic heterocycles. The second kappa shape index (κ2) is 13.1.